The lowest BCUT2D eigenvalue weighted by Crippen LogP contribution is -2.46. The molecule has 0 spiro atoms. The van der Waals surface area contributed by atoms with E-state index >= 15 is 0 Å². The molecule has 0 aliphatic heterocycles. The van der Waals surface area contributed by atoms with Crippen molar-refractivity contribution >= 4 is 11.9 Å². The minimum Gasteiger partial charge on any atom is -0.481 e. The number of nitrogens with one attached hydrogen (secondary N) is 1. The van der Waals surface area contributed by atoms with Crippen LogP contribution in [0.15, 0.2) is 24.3 Å². The van der Waals surface area contributed by atoms with Gasteiger partial charge in [0.25, 0.3) is 0 Å². The summed E-state index contributed by atoms with van der Waals surface area (Å²) in [5, 5.41) is 11.2. The molecule has 0 aliphatic rings. The number of carbonyl (C=O) groups is 2. The average Bonchev–Trinajstić information content (AvgIpc) is 2.31. The van der Waals surface area contributed by atoms with Gasteiger partial charge in [0.1, 0.15) is 5.82 Å². The van der Waals surface area contributed by atoms with Crippen molar-refractivity contribution in [1.29, 1.82) is 0 Å². The molecule has 1 aromatic carbocycles. The number of halogens is 1. The second kappa shape index (κ2) is 6.84. The molecule has 0 aromatic heterocycles. The normalized spacial score (nSPS) is 13.6. The monoisotopic (exact) mass is 268 g/mol. The molecule has 0 radical (unpaired) electrons. The molecule has 2 atom stereocenters. The number of amides is 1. The van der Waals surface area contributed by atoms with Crippen LogP contribution in [0.2, 0.25) is 0 Å². The molecular formula is C13H17FN2O3. The number of hydrogen-bond donors (Lipinski definition) is 3. The van der Waals surface area contributed by atoms with Crippen LogP contribution >= 0.6 is 0 Å². The van der Waals surface area contributed by atoms with Gasteiger partial charge in [0.2, 0.25) is 5.91 Å². The van der Waals surface area contributed by atoms with E-state index in [0.29, 0.717) is 6.42 Å². The van der Waals surface area contributed by atoms with E-state index in [2.05, 4.69) is 5.32 Å². The second-order valence-corrected chi connectivity index (χ2v) is 4.44. The largest absolute Gasteiger partial charge is 0.481 e. The lowest BCUT2D eigenvalue weighted by atomic mass is 10.1. The minimum absolute atomic E-state index is 0.210. The fourth-order valence-corrected chi connectivity index (χ4v) is 1.66. The van der Waals surface area contributed by atoms with Crippen molar-refractivity contribution in [2.24, 2.45) is 5.73 Å². The Kier molecular flexibility index (Phi) is 5.44. The maximum absolute atomic E-state index is 12.7. The van der Waals surface area contributed by atoms with Crippen LogP contribution in [0.25, 0.3) is 0 Å². The van der Waals surface area contributed by atoms with E-state index in [9.17, 15) is 14.0 Å². The molecule has 19 heavy (non-hydrogen) atoms. The summed E-state index contributed by atoms with van der Waals surface area (Å²) in [7, 11) is 0. The molecule has 104 valence electrons. The first-order chi connectivity index (χ1) is 8.88. The van der Waals surface area contributed by atoms with Crippen LogP contribution in [-0.4, -0.2) is 29.1 Å². The Morgan fingerprint density at radius 3 is 2.47 bits per heavy atom. The van der Waals surface area contributed by atoms with Gasteiger partial charge in [-0.05, 0) is 31.0 Å². The number of carboxylic acids is 1. The number of hydrogen-bond acceptors (Lipinski definition) is 3. The zero-order valence-corrected chi connectivity index (χ0v) is 10.6. The minimum atomic E-state index is -1.12. The summed E-state index contributed by atoms with van der Waals surface area (Å²) in [5.74, 6) is -1.94. The Balaban J connectivity index is 2.46. The molecule has 1 amide bonds. The fourth-order valence-electron chi connectivity index (χ4n) is 1.66. The molecule has 0 fully saturated rings. The molecule has 0 saturated carbocycles. The van der Waals surface area contributed by atoms with Crippen molar-refractivity contribution in [2.75, 3.05) is 0 Å². The van der Waals surface area contributed by atoms with E-state index in [1.807, 2.05) is 0 Å². The van der Waals surface area contributed by atoms with Crippen LogP contribution in [-0.2, 0) is 16.0 Å². The predicted molar refractivity (Wildman–Crippen MR) is 67.9 cm³/mol. The van der Waals surface area contributed by atoms with E-state index in [1.54, 1.807) is 19.1 Å². The Morgan fingerprint density at radius 1 is 1.37 bits per heavy atom. The number of carbonyl (C=O) groups excluding carboxylic acids is 1. The van der Waals surface area contributed by atoms with Crippen molar-refractivity contribution in [3.8, 4) is 0 Å². The van der Waals surface area contributed by atoms with Crippen molar-refractivity contribution in [3.05, 3.63) is 35.6 Å². The standard InChI is InChI=1S/C13H17FN2O3/c1-8(6-9-2-4-10(14)5-3-9)16-13(19)11(15)7-12(17)18/h2-5,8,11H,6-7,15H2,1H3,(H,16,19)(H,17,18)/t8-,11-/m0/s1. The summed E-state index contributed by atoms with van der Waals surface area (Å²) in [6, 6.07) is 4.69. The summed E-state index contributed by atoms with van der Waals surface area (Å²) >= 11 is 0. The maximum atomic E-state index is 12.7. The van der Waals surface area contributed by atoms with E-state index in [-0.39, 0.29) is 11.9 Å². The highest BCUT2D eigenvalue weighted by molar-refractivity contribution is 5.86. The molecule has 5 nitrogen and oxygen atoms in total. The number of carboxylic acid groups (broad SMARTS) is 1. The van der Waals surface area contributed by atoms with Crippen molar-refractivity contribution in [3.63, 3.8) is 0 Å². The molecule has 1 rings (SSSR count). The van der Waals surface area contributed by atoms with E-state index in [0.717, 1.165) is 5.56 Å². The highest BCUT2D eigenvalue weighted by Crippen LogP contribution is 2.06. The third-order valence-corrected chi connectivity index (χ3v) is 2.58. The van der Waals surface area contributed by atoms with Crippen LogP contribution in [0.1, 0.15) is 18.9 Å². The van der Waals surface area contributed by atoms with E-state index < -0.39 is 24.3 Å². The number of aliphatic carboxylic acids is 1. The molecule has 0 heterocycles. The zero-order chi connectivity index (χ0) is 14.4. The topological polar surface area (TPSA) is 92.4 Å². The van der Waals surface area contributed by atoms with Gasteiger partial charge in [0.05, 0.1) is 12.5 Å². The van der Waals surface area contributed by atoms with Crippen molar-refractivity contribution < 1.29 is 19.1 Å². The van der Waals surface area contributed by atoms with E-state index in [4.69, 9.17) is 10.8 Å². The van der Waals surface area contributed by atoms with Gasteiger partial charge in [-0.3, -0.25) is 9.59 Å². The zero-order valence-electron chi connectivity index (χ0n) is 10.6. The summed E-state index contributed by atoms with van der Waals surface area (Å²) in [6.45, 7) is 1.77. The molecule has 6 heteroatoms. The predicted octanol–water partition coefficient (Wildman–Crippen LogP) is 0.675. The van der Waals surface area contributed by atoms with Gasteiger partial charge in [0, 0.05) is 6.04 Å². The first-order valence-corrected chi connectivity index (χ1v) is 5.90. The third-order valence-electron chi connectivity index (χ3n) is 2.58. The Hall–Kier alpha value is -1.95. The van der Waals surface area contributed by atoms with Gasteiger partial charge in [-0.15, -0.1) is 0 Å². The van der Waals surface area contributed by atoms with Crippen LogP contribution in [0, 0.1) is 5.82 Å². The van der Waals surface area contributed by atoms with Gasteiger partial charge in [-0.25, -0.2) is 4.39 Å². The van der Waals surface area contributed by atoms with Crippen LogP contribution in [0.5, 0.6) is 0 Å². The lowest BCUT2D eigenvalue weighted by Gasteiger charge is -2.16. The van der Waals surface area contributed by atoms with Gasteiger partial charge >= 0.3 is 5.97 Å². The summed E-state index contributed by atoms with van der Waals surface area (Å²) in [4.78, 5) is 22.0. The number of rotatable bonds is 6. The highest BCUT2D eigenvalue weighted by Gasteiger charge is 2.18. The third kappa shape index (κ3) is 5.48. The molecule has 0 saturated heterocycles. The summed E-state index contributed by atoms with van der Waals surface area (Å²) in [5.41, 5.74) is 6.31. The lowest BCUT2D eigenvalue weighted by molar-refractivity contribution is -0.139. The first-order valence-electron chi connectivity index (χ1n) is 5.90. The number of benzene rings is 1. The Bertz CT molecular complexity index is 448. The Labute approximate surface area is 110 Å². The van der Waals surface area contributed by atoms with Gasteiger partial charge in [-0.2, -0.15) is 0 Å². The second-order valence-electron chi connectivity index (χ2n) is 4.44. The summed E-state index contributed by atoms with van der Waals surface area (Å²) in [6.07, 6.45) is 0.112. The quantitative estimate of drug-likeness (QED) is 0.707. The maximum Gasteiger partial charge on any atom is 0.305 e. The fraction of sp³-hybridized carbons (Fsp3) is 0.385. The van der Waals surface area contributed by atoms with Gasteiger partial charge in [0.15, 0.2) is 0 Å². The first kappa shape index (κ1) is 15.1. The summed E-state index contributed by atoms with van der Waals surface area (Å²) < 4.78 is 12.7. The van der Waals surface area contributed by atoms with Gasteiger partial charge in [-0.1, -0.05) is 12.1 Å². The van der Waals surface area contributed by atoms with E-state index in [1.165, 1.54) is 12.1 Å². The smallest absolute Gasteiger partial charge is 0.305 e. The molecular weight excluding hydrogens is 251 g/mol. The Morgan fingerprint density at radius 2 is 1.95 bits per heavy atom. The SMILES string of the molecule is C[C@@H](Cc1ccc(F)cc1)NC(=O)[C@@H](N)CC(=O)O. The van der Waals surface area contributed by atoms with Crippen LogP contribution in [0.3, 0.4) is 0 Å². The average molecular weight is 268 g/mol. The highest BCUT2D eigenvalue weighted by atomic mass is 19.1. The number of nitrogens with two attached hydrogens (primary N) is 1. The van der Waals surface area contributed by atoms with Crippen LogP contribution < -0.4 is 11.1 Å². The molecule has 0 aliphatic carbocycles. The molecule has 0 unspecified atom stereocenters. The van der Waals surface area contributed by atoms with Crippen molar-refractivity contribution in [1.82, 2.24) is 5.32 Å². The molecule has 0 bridgehead atoms. The molecule has 4 N–H and O–H groups in total. The van der Waals surface area contributed by atoms with Crippen molar-refractivity contribution in [2.45, 2.75) is 31.8 Å². The molecule has 1 aromatic rings. The van der Waals surface area contributed by atoms with Gasteiger partial charge < -0.3 is 16.2 Å². The van der Waals surface area contributed by atoms with Crippen LogP contribution in [0.4, 0.5) is 4.39 Å².